The lowest BCUT2D eigenvalue weighted by Crippen LogP contribution is -2.40. The number of hydrogen-bond donors (Lipinski definition) is 1. The Balaban J connectivity index is 2.41. The second-order valence-corrected chi connectivity index (χ2v) is 5.01. The maximum absolute atomic E-state index is 13.7. The molecular weight excluding hydrogens is 354 g/mol. The van der Waals surface area contributed by atoms with Gasteiger partial charge in [0.25, 0.3) is 5.69 Å². The predicted molar refractivity (Wildman–Crippen MR) is 77.7 cm³/mol. The fraction of sp³-hybridized carbons (Fsp3) is 0.200. The first-order valence-electron chi connectivity index (χ1n) is 6.73. The molecule has 134 valence electrons. The number of halogens is 6. The van der Waals surface area contributed by atoms with Crippen LogP contribution < -0.4 is 5.32 Å². The molecule has 0 aliphatic rings. The Morgan fingerprint density at radius 3 is 2.12 bits per heavy atom. The van der Waals surface area contributed by atoms with Gasteiger partial charge in [-0.3, -0.25) is 10.1 Å². The molecule has 2 aromatic rings. The Kier molecular flexibility index (Phi) is 4.91. The summed E-state index contributed by atoms with van der Waals surface area (Å²) >= 11 is 0. The smallest absolute Gasteiger partial charge is 0.350 e. The highest BCUT2D eigenvalue weighted by atomic mass is 19.4. The second-order valence-electron chi connectivity index (χ2n) is 5.01. The first kappa shape index (κ1) is 18.6. The average Bonchev–Trinajstić information content (AvgIpc) is 2.54. The summed E-state index contributed by atoms with van der Waals surface area (Å²) in [5.41, 5.74) is -1.74. The van der Waals surface area contributed by atoms with E-state index >= 15 is 0 Å². The summed E-state index contributed by atoms with van der Waals surface area (Å²) in [5.74, 6) is -5.67. The second kappa shape index (κ2) is 6.61. The number of nitrogens with one attached hydrogen (secondary N) is 1. The zero-order valence-corrected chi connectivity index (χ0v) is 12.2. The number of alkyl halides is 6. The van der Waals surface area contributed by atoms with E-state index in [0.29, 0.717) is 17.8 Å². The van der Waals surface area contributed by atoms with Gasteiger partial charge in [0.2, 0.25) is 0 Å². The van der Waals surface area contributed by atoms with Gasteiger partial charge in [0.05, 0.1) is 4.92 Å². The van der Waals surface area contributed by atoms with Crippen molar-refractivity contribution < 1.29 is 31.3 Å². The minimum absolute atomic E-state index is 0.178. The molecule has 0 amide bonds. The summed E-state index contributed by atoms with van der Waals surface area (Å²) in [6.45, 7) is 0. The van der Waals surface area contributed by atoms with Crippen LogP contribution >= 0.6 is 0 Å². The van der Waals surface area contributed by atoms with Gasteiger partial charge in [0.1, 0.15) is 5.69 Å². The highest BCUT2D eigenvalue weighted by Crippen LogP contribution is 2.47. The zero-order valence-electron chi connectivity index (χ0n) is 12.2. The van der Waals surface area contributed by atoms with Crippen molar-refractivity contribution >= 4 is 17.1 Å². The summed E-state index contributed by atoms with van der Waals surface area (Å²) < 4.78 is 76.7. The quantitative estimate of drug-likeness (QED) is 0.430. The summed E-state index contributed by atoms with van der Waals surface area (Å²) in [7, 11) is 0. The van der Waals surface area contributed by atoms with E-state index in [1.165, 1.54) is 0 Å². The lowest BCUT2D eigenvalue weighted by molar-refractivity contribution is -0.384. The van der Waals surface area contributed by atoms with Crippen LogP contribution in [0.5, 0.6) is 0 Å². The number of nitro benzene ring substituents is 1. The van der Waals surface area contributed by atoms with Crippen molar-refractivity contribution in [3.8, 4) is 0 Å². The number of anilines is 2. The van der Waals surface area contributed by atoms with Crippen molar-refractivity contribution in [2.75, 3.05) is 5.32 Å². The molecule has 0 saturated heterocycles. The molecule has 0 heterocycles. The fourth-order valence-electron chi connectivity index (χ4n) is 1.99. The van der Waals surface area contributed by atoms with Gasteiger partial charge in [-0.05, 0) is 23.8 Å². The van der Waals surface area contributed by atoms with Crippen LogP contribution in [0.1, 0.15) is 11.7 Å². The first-order chi connectivity index (χ1) is 11.5. The molecule has 0 aromatic heterocycles. The van der Waals surface area contributed by atoms with E-state index in [4.69, 9.17) is 0 Å². The van der Waals surface area contributed by atoms with Crippen molar-refractivity contribution in [2.45, 2.75) is 18.3 Å². The molecule has 0 bridgehead atoms. The average molecular weight is 364 g/mol. The molecule has 10 heteroatoms. The number of benzene rings is 2. The molecule has 0 aliphatic carbocycles. The highest BCUT2D eigenvalue weighted by molar-refractivity contribution is 5.70. The molecule has 0 spiro atoms. The molecule has 1 N–H and O–H groups in total. The van der Waals surface area contributed by atoms with E-state index in [9.17, 15) is 36.5 Å². The third-order valence-electron chi connectivity index (χ3n) is 3.26. The van der Waals surface area contributed by atoms with Crippen LogP contribution in [0.4, 0.5) is 43.4 Å². The van der Waals surface area contributed by atoms with E-state index in [0.717, 1.165) is 6.07 Å². The molecule has 0 aliphatic heterocycles. The lowest BCUT2D eigenvalue weighted by Gasteiger charge is -2.23. The van der Waals surface area contributed by atoms with Gasteiger partial charge in [-0.2, -0.15) is 22.0 Å². The van der Waals surface area contributed by atoms with Gasteiger partial charge in [0, 0.05) is 11.8 Å². The van der Waals surface area contributed by atoms with Crippen molar-refractivity contribution in [3.63, 3.8) is 0 Å². The molecule has 1 atom stereocenters. The van der Waals surface area contributed by atoms with Gasteiger partial charge in [-0.1, -0.05) is 24.3 Å². The van der Waals surface area contributed by atoms with Crippen LogP contribution in [-0.2, 0) is 0 Å². The molecule has 0 fully saturated rings. The summed E-state index contributed by atoms with van der Waals surface area (Å²) in [4.78, 5) is 10.1. The lowest BCUT2D eigenvalue weighted by atomic mass is 10.0. The topological polar surface area (TPSA) is 55.2 Å². The maximum Gasteiger partial charge on any atom is 0.456 e. The Hall–Kier alpha value is -2.78. The van der Waals surface area contributed by atoms with Crippen molar-refractivity contribution in [3.05, 3.63) is 64.2 Å². The van der Waals surface area contributed by atoms with E-state index < -0.39 is 34.4 Å². The van der Waals surface area contributed by atoms with E-state index in [1.54, 1.807) is 30.3 Å². The Bertz CT molecular complexity index is 764. The van der Waals surface area contributed by atoms with Crippen LogP contribution in [-0.4, -0.2) is 17.0 Å². The molecule has 2 rings (SSSR count). The van der Waals surface area contributed by atoms with Crippen LogP contribution in [0.2, 0.25) is 0 Å². The summed E-state index contributed by atoms with van der Waals surface area (Å²) in [5, 5.41) is 13.7. The number of nitrogens with zero attached hydrogens (tertiary/aromatic N) is 1. The molecular formula is C15H10F6N2O2. The summed E-state index contributed by atoms with van der Waals surface area (Å²) in [6, 6.07) is 9.88. The third kappa shape index (κ3) is 3.83. The SMILES string of the molecule is O=[N+]([O-])c1cc(C(F)C(F)(F)C(F)(F)F)ccc1Nc1ccccc1. The molecule has 0 radical (unpaired) electrons. The molecule has 0 saturated carbocycles. The highest BCUT2D eigenvalue weighted by Gasteiger charge is 2.63. The van der Waals surface area contributed by atoms with Gasteiger partial charge in [0.15, 0.2) is 6.17 Å². The van der Waals surface area contributed by atoms with Gasteiger partial charge < -0.3 is 5.32 Å². The number of hydrogen-bond acceptors (Lipinski definition) is 3. The van der Waals surface area contributed by atoms with Crippen molar-refractivity contribution in [1.82, 2.24) is 0 Å². The molecule has 1 unspecified atom stereocenters. The molecule has 2 aromatic carbocycles. The first-order valence-corrected chi connectivity index (χ1v) is 6.73. The minimum atomic E-state index is -6.12. The standard InChI is InChI=1S/C15H10F6N2O2/c16-13(14(17,18)15(19,20)21)9-6-7-11(12(8-9)23(24)25)22-10-4-2-1-3-5-10/h1-8,13,22H. The van der Waals surface area contributed by atoms with Gasteiger partial charge in [-0.15, -0.1) is 0 Å². The molecule has 4 nitrogen and oxygen atoms in total. The van der Waals surface area contributed by atoms with Crippen LogP contribution in [0.3, 0.4) is 0 Å². The number of rotatable bonds is 5. The normalized spacial score (nSPS) is 13.4. The van der Waals surface area contributed by atoms with Crippen molar-refractivity contribution in [1.29, 1.82) is 0 Å². The van der Waals surface area contributed by atoms with Crippen LogP contribution in [0, 0.1) is 10.1 Å². The van der Waals surface area contributed by atoms with E-state index in [1.807, 2.05) is 0 Å². The Morgan fingerprint density at radius 1 is 1.00 bits per heavy atom. The monoisotopic (exact) mass is 364 g/mol. The number of nitro groups is 1. The Labute approximate surface area is 137 Å². The van der Waals surface area contributed by atoms with Crippen molar-refractivity contribution in [2.24, 2.45) is 0 Å². The van der Waals surface area contributed by atoms with E-state index in [2.05, 4.69) is 5.32 Å². The van der Waals surface area contributed by atoms with Gasteiger partial charge in [-0.25, -0.2) is 4.39 Å². The van der Waals surface area contributed by atoms with Crippen LogP contribution in [0.15, 0.2) is 48.5 Å². The number of para-hydroxylation sites is 1. The zero-order chi connectivity index (χ0) is 18.8. The molecule has 25 heavy (non-hydrogen) atoms. The largest absolute Gasteiger partial charge is 0.456 e. The van der Waals surface area contributed by atoms with Crippen LogP contribution in [0.25, 0.3) is 0 Å². The Morgan fingerprint density at radius 2 is 1.60 bits per heavy atom. The van der Waals surface area contributed by atoms with E-state index in [-0.39, 0.29) is 5.69 Å². The fourth-order valence-corrected chi connectivity index (χ4v) is 1.99. The maximum atomic E-state index is 13.7. The minimum Gasteiger partial charge on any atom is -0.350 e. The summed E-state index contributed by atoms with van der Waals surface area (Å²) in [6.07, 6.45) is -9.89. The predicted octanol–water partition coefficient (Wildman–Crippen LogP) is 5.55. The van der Waals surface area contributed by atoms with Gasteiger partial charge >= 0.3 is 12.1 Å². The third-order valence-corrected chi connectivity index (χ3v) is 3.26.